The van der Waals surface area contributed by atoms with E-state index in [1.54, 1.807) is 0 Å². The zero-order valence-electron chi connectivity index (χ0n) is 9.34. The first-order valence-electron chi connectivity index (χ1n) is 5.25. The highest BCUT2D eigenvalue weighted by Crippen LogP contribution is 2.22. The van der Waals surface area contributed by atoms with E-state index in [4.69, 9.17) is 4.18 Å². The second-order valence-corrected chi connectivity index (χ2v) is 4.96. The fourth-order valence-electron chi connectivity index (χ4n) is 1.57. The van der Waals surface area contributed by atoms with Crippen molar-refractivity contribution in [2.24, 2.45) is 0 Å². The van der Waals surface area contributed by atoms with Gasteiger partial charge < -0.3 is 0 Å². The summed E-state index contributed by atoms with van der Waals surface area (Å²) in [6.07, 6.45) is -0.0419. The largest absolute Gasteiger partial charge is 0.284 e. The van der Waals surface area contributed by atoms with Crippen LogP contribution in [0.5, 0.6) is 0 Å². The third kappa shape index (κ3) is 2.31. The molecule has 1 unspecified atom stereocenters. The maximum absolute atomic E-state index is 12.0. The van der Waals surface area contributed by atoms with Gasteiger partial charge in [-0.15, -0.1) is 0 Å². The summed E-state index contributed by atoms with van der Waals surface area (Å²) in [5.41, 5.74) is 0. The van der Waals surface area contributed by atoms with E-state index >= 15 is 0 Å². The molecule has 0 saturated carbocycles. The Bertz CT molecular complexity index is 515. The highest BCUT2D eigenvalue weighted by atomic mass is 32.2. The molecular formula is C13H14O2S. The Kier molecular flexibility index (Phi) is 3.36. The highest BCUT2D eigenvalue weighted by molar-refractivity contribution is 7.80. The molecule has 0 amide bonds. The van der Waals surface area contributed by atoms with Crippen molar-refractivity contribution in [3.63, 3.8) is 0 Å². The molecule has 84 valence electrons. The number of rotatable bonds is 3. The molecule has 2 aromatic carbocycles. The van der Waals surface area contributed by atoms with Gasteiger partial charge in [0.05, 0.1) is 11.0 Å². The van der Waals surface area contributed by atoms with Crippen molar-refractivity contribution in [2.45, 2.75) is 24.8 Å². The van der Waals surface area contributed by atoms with Gasteiger partial charge in [0, 0.05) is 5.39 Å². The Labute approximate surface area is 97.9 Å². The molecule has 3 heteroatoms. The Hall–Kier alpha value is -1.19. The van der Waals surface area contributed by atoms with Gasteiger partial charge in [-0.25, -0.2) is 4.21 Å². The summed E-state index contributed by atoms with van der Waals surface area (Å²) in [4.78, 5) is 0.742. The van der Waals surface area contributed by atoms with Crippen LogP contribution in [-0.4, -0.2) is 10.3 Å². The molecule has 1 atom stereocenters. The zero-order valence-corrected chi connectivity index (χ0v) is 10.2. The topological polar surface area (TPSA) is 26.3 Å². The lowest BCUT2D eigenvalue weighted by molar-refractivity contribution is 0.270. The van der Waals surface area contributed by atoms with Crippen LogP contribution in [0.3, 0.4) is 0 Å². The highest BCUT2D eigenvalue weighted by Gasteiger charge is 2.10. The molecule has 0 bridgehead atoms. The van der Waals surface area contributed by atoms with E-state index in [0.29, 0.717) is 0 Å². The third-order valence-electron chi connectivity index (χ3n) is 2.21. The van der Waals surface area contributed by atoms with Crippen LogP contribution in [0.25, 0.3) is 10.8 Å². The normalized spacial score (nSPS) is 13.2. The maximum atomic E-state index is 12.0. The van der Waals surface area contributed by atoms with Crippen molar-refractivity contribution in [3.8, 4) is 0 Å². The summed E-state index contributed by atoms with van der Waals surface area (Å²) < 4.78 is 17.3. The third-order valence-corrected chi connectivity index (χ3v) is 3.48. The predicted molar refractivity (Wildman–Crippen MR) is 66.6 cm³/mol. The van der Waals surface area contributed by atoms with E-state index in [9.17, 15) is 4.21 Å². The molecule has 2 rings (SSSR count). The van der Waals surface area contributed by atoms with Crippen molar-refractivity contribution in [2.75, 3.05) is 0 Å². The lowest BCUT2D eigenvalue weighted by Gasteiger charge is -2.08. The minimum atomic E-state index is -1.39. The van der Waals surface area contributed by atoms with Gasteiger partial charge in [-0.3, -0.25) is 4.18 Å². The van der Waals surface area contributed by atoms with Crippen molar-refractivity contribution in [1.29, 1.82) is 0 Å². The predicted octanol–water partition coefficient (Wildman–Crippen LogP) is 3.29. The number of fused-ring (bicyclic) bond motifs is 1. The minimum absolute atomic E-state index is 0.0419. The summed E-state index contributed by atoms with van der Waals surface area (Å²) in [7, 11) is 0. The van der Waals surface area contributed by atoms with Gasteiger partial charge in [0.25, 0.3) is 0 Å². The van der Waals surface area contributed by atoms with Crippen molar-refractivity contribution < 1.29 is 8.39 Å². The summed E-state index contributed by atoms with van der Waals surface area (Å²) in [5, 5.41) is 2.07. The van der Waals surface area contributed by atoms with E-state index < -0.39 is 11.1 Å². The standard InChI is InChI=1S/C13H14O2S/c1-10(2)15-16(14)13-9-5-7-11-6-3-4-8-12(11)13/h3-10H,1-2H3. The van der Waals surface area contributed by atoms with Gasteiger partial charge in [-0.1, -0.05) is 36.4 Å². The Morgan fingerprint density at radius 3 is 2.50 bits per heavy atom. The smallest absolute Gasteiger partial charge is 0.190 e. The van der Waals surface area contributed by atoms with E-state index in [2.05, 4.69) is 0 Å². The van der Waals surface area contributed by atoms with E-state index in [1.165, 1.54) is 0 Å². The Morgan fingerprint density at radius 1 is 1.06 bits per heavy atom. The number of hydrogen-bond acceptors (Lipinski definition) is 2. The fourth-order valence-corrected chi connectivity index (χ4v) is 2.58. The van der Waals surface area contributed by atoms with Crippen molar-refractivity contribution >= 4 is 21.9 Å². The van der Waals surface area contributed by atoms with Crippen LogP contribution in [0.15, 0.2) is 47.4 Å². The number of hydrogen-bond donors (Lipinski definition) is 0. The van der Waals surface area contributed by atoms with Gasteiger partial charge in [0.15, 0.2) is 11.1 Å². The Balaban J connectivity index is 2.48. The van der Waals surface area contributed by atoms with Crippen LogP contribution in [-0.2, 0) is 15.3 Å². The van der Waals surface area contributed by atoms with Crippen LogP contribution in [0.1, 0.15) is 13.8 Å². The first kappa shape index (κ1) is 11.3. The first-order chi connectivity index (χ1) is 7.68. The second-order valence-electron chi connectivity index (χ2n) is 3.86. The molecule has 2 nitrogen and oxygen atoms in total. The van der Waals surface area contributed by atoms with Gasteiger partial charge >= 0.3 is 0 Å². The van der Waals surface area contributed by atoms with Crippen molar-refractivity contribution in [3.05, 3.63) is 42.5 Å². The molecule has 0 aliphatic carbocycles. The molecule has 16 heavy (non-hydrogen) atoms. The molecule has 0 N–H and O–H groups in total. The summed E-state index contributed by atoms with van der Waals surface area (Å²) in [6, 6.07) is 13.6. The molecule has 0 aromatic heterocycles. The Morgan fingerprint density at radius 2 is 1.75 bits per heavy atom. The van der Waals surface area contributed by atoms with Crippen LogP contribution in [0.4, 0.5) is 0 Å². The fraction of sp³-hybridized carbons (Fsp3) is 0.231. The maximum Gasteiger partial charge on any atom is 0.190 e. The summed E-state index contributed by atoms with van der Waals surface area (Å²) >= 11 is -1.39. The molecule has 0 aliphatic heterocycles. The summed E-state index contributed by atoms with van der Waals surface area (Å²) in [6.45, 7) is 3.76. The summed E-state index contributed by atoms with van der Waals surface area (Å²) in [5.74, 6) is 0. The van der Waals surface area contributed by atoms with E-state index in [1.807, 2.05) is 56.3 Å². The van der Waals surface area contributed by atoms with Crippen LogP contribution < -0.4 is 0 Å². The second kappa shape index (κ2) is 4.76. The molecule has 0 heterocycles. The van der Waals surface area contributed by atoms with Gasteiger partial charge in [-0.05, 0) is 25.3 Å². The average Bonchev–Trinajstić information content (AvgIpc) is 2.27. The zero-order chi connectivity index (χ0) is 11.5. The van der Waals surface area contributed by atoms with E-state index in [-0.39, 0.29) is 6.10 Å². The van der Waals surface area contributed by atoms with Crippen LogP contribution in [0.2, 0.25) is 0 Å². The van der Waals surface area contributed by atoms with Gasteiger partial charge in [0.1, 0.15) is 0 Å². The molecule has 2 aromatic rings. The minimum Gasteiger partial charge on any atom is -0.284 e. The molecule has 0 saturated heterocycles. The lowest BCUT2D eigenvalue weighted by atomic mass is 10.1. The molecule has 0 fully saturated rings. The first-order valence-corrected chi connectivity index (χ1v) is 6.32. The van der Waals surface area contributed by atoms with Crippen LogP contribution >= 0.6 is 0 Å². The number of benzene rings is 2. The quantitative estimate of drug-likeness (QED) is 0.814. The molecule has 0 radical (unpaired) electrons. The van der Waals surface area contributed by atoms with Gasteiger partial charge in [0.2, 0.25) is 0 Å². The lowest BCUT2D eigenvalue weighted by Crippen LogP contribution is -2.06. The van der Waals surface area contributed by atoms with Gasteiger partial charge in [-0.2, -0.15) is 0 Å². The molecule has 0 spiro atoms. The van der Waals surface area contributed by atoms with E-state index in [0.717, 1.165) is 15.7 Å². The molecule has 0 aliphatic rings. The SMILES string of the molecule is CC(C)OS(=O)c1cccc2ccccc12. The van der Waals surface area contributed by atoms with Crippen LogP contribution in [0, 0.1) is 0 Å². The average molecular weight is 234 g/mol. The van der Waals surface area contributed by atoms with Crippen molar-refractivity contribution in [1.82, 2.24) is 0 Å². The monoisotopic (exact) mass is 234 g/mol. The molecular weight excluding hydrogens is 220 g/mol.